The van der Waals surface area contributed by atoms with E-state index in [1.165, 1.54) is 18.4 Å². The topological polar surface area (TPSA) is 29.4 Å². The number of allylic oxidation sites excluding steroid dienone is 2. The van der Waals surface area contributed by atoms with Crippen molar-refractivity contribution in [3.05, 3.63) is 24.9 Å². The molecule has 2 heteroatoms. The highest BCUT2D eigenvalue weighted by Crippen LogP contribution is 1.69. The Labute approximate surface area is 41.9 Å². The van der Waals surface area contributed by atoms with Gasteiger partial charge in [0, 0.05) is 6.20 Å². The summed E-state index contributed by atoms with van der Waals surface area (Å²) in [5, 5.41) is 0. The Hall–Kier alpha value is -1.14. The predicted molar refractivity (Wildman–Crippen MR) is 27.5 cm³/mol. The van der Waals surface area contributed by atoms with Crippen LogP contribution in [0.15, 0.2) is 29.9 Å². The lowest BCUT2D eigenvalue weighted by atomic mass is 10.6. The fraction of sp³-hybridized carbons (Fsp3) is 0. The predicted octanol–water partition coefficient (Wildman–Crippen LogP) is 1.02. The first-order valence-corrected chi connectivity index (χ1v) is 1.76. The Balaban J connectivity index is 3.47. The van der Waals surface area contributed by atoms with Crippen LogP contribution >= 0.6 is 0 Å². The molecule has 0 amide bonds. The first kappa shape index (κ1) is 5.86. The number of carbonyl (C=O) groups excluding carboxylic acids is 1. The molecule has 0 spiro atoms. The molecule has 36 valence electrons. The summed E-state index contributed by atoms with van der Waals surface area (Å²) in [6.07, 6.45) is 5.74. The van der Waals surface area contributed by atoms with Crippen molar-refractivity contribution in [2.45, 2.75) is 0 Å². The van der Waals surface area contributed by atoms with Crippen LogP contribution in [0.2, 0.25) is 0 Å². The van der Waals surface area contributed by atoms with Crippen LogP contribution in [0.4, 0.5) is 0 Å². The van der Waals surface area contributed by atoms with Gasteiger partial charge in [-0.15, -0.1) is 0 Å². The maximum atomic E-state index is 9.30. The summed E-state index contributed by atoms with van der Waals surface area (Å²) in [7, 11) is 0. The van der Waals surface area contributed by atoms with Crippen molar-refractivity contribution in [3.8, 4) is 0 Å². The van der Waals surface area contributed by atoms with E-state index in [1.54, 1.807) is 6.08 Å². The van der Waals surface area contributed by atoms with Crippen LogP contribution in [0.25, 0.3) is 0 Å². The number of rotatable bonds is 2. The van der Waals surface area contributed by atoms with Gasteiger partial charge in [-0.3, -0.25) is 0 Å². The molecule has 0 aliphatic heterocycles. The fourth-order valence-corrected chi connectivity index (χ4v) is 0.134. The quantitative estimate of drug-likeness (QED) is 0.286. The van der Waals surface area contributed by atoms with Crippen molar-refractivity contribution in [1.29, 1.82) is 0 Å². The second-order valence-electron chi connectivity index (χ2n) is 0.798. The Morgan fingerprint density at radius 3 is 2.86 bits per heavy atom. The molecule has 0 radical (unpaired) electrons. The van der Waals surface area contributed by atoms with E-state index in [0.29, 0.717) is 0 Å². The standard InChI is InChI=1S/C5H5NO/c1-2-3-4-6-5-7/h2-4H,1H2/b4-3-. The minimum absolute atomic E-state index is 1.32. The SMILES string of the molecule is C=C/C=C\N=C=O. The number of nitrogens with zero attached hydrogens (tertiary/aromatic N) is 1. The lowest BCUT2D eigenvalue weighted by Crippen LogP contribution is -1.45. The molecule has 0 aliphatic rings. The van der Waals surface area contributed by atoms with Crippen LogP contribution in [-0.2, 0) is 4.79 Å². The zero-order valence-electron chi connectivity index (χ0n) is 3.79. The van der Waals surface area contributed by atoms with Gasteiger partial charge < -0.3 is 0 Å². The molecule has 0 aliphatic carbocycles. The van der Waals surface area contributed by atoms with Crippen molar-refractivity contribution in [2.24, 2.45) is 4.99 Å². The van der Waals surface area contributed by atoms with Crippen LogP contribution in [0, 0.1) is 0 Å². The van der Waals surface area contributed by atoms with Gasteiger partial charge in [0.25, 0.3) is 0 Å². The third kappa shape index (κ3) is 4.86. The Bertz CT molecular complexity index is 120. The van der Waals surface area contributed by atoms with Crippen molar-refractivity contribution < 1.29 is 4.79 Å². The van der Waals surface area contributed by atoms with E-state index in [2.05, 4.69) is 11.6 Å². The summed E-state index contributed by atoms with van der Waals surface area (Å²) in [5.41, 5.74) is 0. The smallest absolute Gasteiger partial charge is 0.211 e. The molecule has 0 bridgehead atoms. The zero-order chi connectivity index (χ0) is 5.54. The van der Waals surface area contributed by atoms with Gasteiger partial charge in [0.2, 0.25) is 6.08 Å². The van der Waals surface area contributed by atoms with Crippen molar-refractivity contribution >= 4 is 6.08 Å². The van der Waals surface area contributed by atoms with Crippen LogP contribution < -0.4 is 0 Å². The molecule has 0 aromatic carbocycles. The molecule has 0 saturated carbocycles. The summed E-state index contributed by atoms with van der Waals surface area (Å²) in [6, 6.07) is 0. The minimum atomic E-state index is 1.32. The molecule has 0 unspecified atom stereocenters. The zero-order valence-corrected chi connectivity index (χ0v) is 3.79. The average Bonchev–Trinajstić information content (AvgIpc) is 1.69. The third-order valence-electron chi connectivity index (χ3n) is 0.349. The molecule has 0 rings (SSSR count). The number of hydrogen-bond donors (Lipinski definition) is 0. The fourth-order valence-electron chi connectivity index (χ4n) is 0.134. The van der Waals surface area contributed by atoms with E-state index in [1.807, 2.05) is 0 Å². The van der Waals surface area contributed by atoms with Crippen molar-refractivity contribution in [1.82, 2.24) is 0 Å². The van der Waals surface area contributed by atoms with Crippen LogP contribution in [0.5, 0.6) is 0 Å². The van der Waals surface area contributed by atoms with Gasteiger partial charge in [-0.05, 0) is 6.08 Å². The van der Waals surface area contributed by atoms with Gasteiger partial charge in [0.1, 0.15) is 0 Å². The number of hydrogen-bond acceptors (Lipinski definition) is 2. The lowest BCUT2D eigenvalue weighted by molar-refractivity contribution is 0.565. The lowest BCUT2D eigenvalue weighted by Gasteiger charge is -1.59. The average molecular weight is 95.1 g/mol. The maximum Gasteiger partial charge on any atom is 0.239 e. The van der Waals surface area contributed by atoms with Gasteiger partial charge in [-0.1, -0.05) is 12.7 Å². The summed E-state index contributed by atoms with van der Waals surface area (Å²) in [6.45, 7) is 3.36. The van der Waals surface area contributed by atoms with E-state index in [4.69, 9.17) is 0 Å². The van der Waals surface area contributed by atoms with Gasteiger partial charge in [0.05, 0.1) is 0 Å². The molecule has 0 saturated heterocycles. The van der Waals surface area contributed by atoms with Gasteiger partial charge in [0.15, 0.2) is 0 Å². The van der Waals surface area contributed by atoms with E-state index in [0.717, 1.165) is 0 Å². The highest BCUT2D eigenvalue weighted by molar-refractivity contribution is 5.34. The molecular formula is C5H5NO. The minimum Gasteiger partial charge on any atom is -0.211 e. The summed E-state index contributed by atoms with van der Waals surface area (Å²) < 4.78 is 0. The maximum absolute atomic E-state index is 9.30. The Kier molecular flexibility index (Phi) is 4.07. The molecule has 0 N–H and O–H groups in total. The summed E-state index contributed by atoms with van der Waals surface area (Å²) in [4.78, 5) is 12.4. The molecule has 0 fully saturated rings. The molecule has 0 heterocycles. The first-order valence-electron chi connectivity index (χ1n) is 1.76. The van der Waals surface area contributed by atoms with Crippen molar-refractivity contribution in [3.63, 3.8) is 0 Å². The van der Waals surface area contributed by atoms with E-state index in [9.17, 15) is 4.79 Å². The first-order chi connectivity index (χ1) is 3.41. The molecular weight excluding hydrogens is 90.1 g/mol. The highest BCUT2D eigenvalue weighted by Gasteiger charge is 1.52. The molecule has 0 aromatic heterocycles. The van der Waals surface area contributed by atoms with Gasteiger partial charge in [-0.25, -0.2) is 4.79 Å². The van der Waals surface area contributed by atoms with E-state index >= 15 is 0 Å². The second-order valence-corrected chi connectivity index (χ2v) is 0.798. The van der Waals surface area contributed by atoms with Gasteiger partial charge >= 0.3 is 0 Å². The van der Waals surface area contributed by atoms with E-state index < -0.39 is 0 Å². The van der Waals surface area contributed by atoms with Gasteiger partial charge in [-0.2, -0.15) is 4.99 Å². The normalized spacial score (nSPS) is 8.00. The second kappa shape index (κ2) is 4.86. The summed E-state index contributed by atoms with van der Waals surface area (Å²) in [5.74, 6) is 0. The highest BCUT2D eigenvalue weighted by atomic mass is 16.1. The number of aliphatic imine (C=N–C) groups is 1. The third-order valence-corrected chi connectivity index (χ3v) is 0.349. The monoisotopic (exact) mass is 95.0 g/mol. The van der Waals surface area contributed by atoms with Crippen molar-refractivity contribution in [2.75, 3.05) is 0 Å². The molecule has 2 nitrogen and oxygen atoms in total. The Morgan fingerprint density at radius 1 is 1.71 bits per heavy atom. The van der Waals surface area contributed by atoms with Crippen LogP contribution in [0.3, 0.4) is 0 Å². The molecule has 7 heavy (non-hydrogen) atoms. The molecule has 0 atom stereocenters. The number of isocyanates is 1. The van der Waals surface area contributed by atoms with E-state index in [-0.39, 0.29) is 0 Å². The molecule has 0 aromatic rings. The van der Waals surface area contributed by atoms with Crippen LogP contribution in [0.1, 0.15) is 0 Å². The van der Waals surface area contributed by atoms with Crippen LogP contribution in [-0.4, -0.2) is 6.08 Å². The Morgan fingerprint density at radius 2 is 2.43 bits per heavy atom. The largest absolute Gasteiger partial charge is 0.239 e. The summed E-state index contributed by atoms with van der Waals surface area (Å²) >= 11 is 0.